The summed E-state index contributed by atoms with van der Waals surface area (Å²) in [4.78, 5) is 17.7. The van der Waals surface area contributed by atoms with Crippen LogP contribution in [-0.2, 0) is 13.5 Å². The first-order valence-corrected chi connectivity index (χ1v) is 11.7. The number of nitrogens with zero attached hydrogens (tertiary/aromatic N) is 3. The summed E-state index contributed by atoms with van der Waals surface area (Å²) in [5.41, 5.74) is 5.80. The van der Waals surface area contributed by atoms with E-state index in [2.05, 4.69) is 46.7 Å². The maximum absolute atomic E-state index is 13.1. The number of aliphatic imine (C=N–C) groups is 1. The summed E-state index contributed by atoms with van der Waals surface area (Å²) in [6.45, 7) is 8.85. The van der Waals surface area contributed by atoms with Gasteiger partial charge in [-0.25, -0.2) is 0 Å². The molecule has 0 aliphatic rings. The molecule has 0 saturated carbocycles. The maximum atomic E-state index is 13.1. The molecule has 0 spiro atoms. The van der Waals surface area contributed by atoms with Crippen LogP contribution < -0.4 is 20.1 Å². The average molecular weight is 478 g/mol. The third kappa shape index (κ3) is 6.41. The summed E-state index contributed by atoms with van der Waals surface area (Å²) in [6.07, 6.45) is 0.717. The maximum Gasteiger partial charge on any atom is 0.258 e. The van der Waals surface area contributed by atoms with Gasteiger partial charge in [0.05, 0.1) is 19.9 Å². The van der Waals surface area contributed by atoms with E-state index >= 15 is 0 Å². The highest BCUT2D eigenvalue weighted by atomic mass is 16.5. The van der Waals surface area contributed by atoms with E-state index in [1.54, 1.807) is 25.3 Å². The molecule has 0 bridgehead atoms. The molecule has 0 radical (unpaired) electrons. The van der Waals surface area contributed by atoms with Gasteiger partial charge in [-0.2, -0.15) is 5.10 Å². The van der Waals surface area contributed by atoms with Crippen molar-refractivity contribution in [1.29, 1.82) is 0 Å². The predicted octanol–water partition coefficient (Wildman–Crippen LogP) is 4.62. The lowest BCUT2D eigenvalue weighted by atomic mass is 10.0. The van der Waals surface area contributed by atoms with Crippen LogP contribution in [0.2, 0.25) is 0 Å². The van der Waals surface area contributed by atoms with Crippen LogP contribution in [0.1, 0.15) is 52.6 Å². The van der Waals surface area contributed by atoms with E-state index in [9.17, 15) is 4.79 Å². The molecule has 2 N–H and O–H groups in total. The van der Waals surface area contributed by atoms with Gasteiger partial charge in [-0.3, -0.25) is 19.8 Å². The molecule has 2 aromatic carbocycles. The third-order valence-electron chi connectivity index (χ3n) is 6.01. The Bertz CT molecular complexity index is 1200. The number of nitrogens with one attached hydrogen (secondary N) is 2. The molecule has 0 saturated heterocycles. The van der Waals surface area contributed by atoms with E-state index in [4.69, 9.17) is 9.47 Å². The Hall–Kier alpha value is -3.81. The van der Waals surface area contributed by atoms with Crippen molar-refractivity contribution in [1.82, 2.24) is 15.1 Å². The molecule has 1 amide bonds. The van der Waals surface area contributed by atoms with Crippen LogP contribution in [0, 0.1) is 13.8 Å². The summed E-state index contributed by atoms with van der Waals surface area (Å²) in [5.74, 6) is 1.56. The molecule has 8 heteroatoms. The Balaban J connectivity index is 1.82. The number of hydrogen-bond donors (Lipinski definition) is 2. The molecule has 35 heavy (non-hydrogen) atoms. The number of aromatic nitrogens is 2. The average Bonchev–Trinajstić information content (AvgIpc) is 3.09. The summed E-state index contributed by atoms with van der Waals surface area (Å²) >= 11 is 0. The van der Waals surface area contributed by atoms with Crippen molar-refractivity contribution in [3.8, 4) is 11.5 Å². The summed E-state index contributed by atoms with van der Waals surface area (Å²) in [5, 5.41) is 10.6. The Morgan fingerprint density at radius 2 is 1.74 bits per heavy atom. The number of rotatable bonds is 8. The fourth-order valence-electron chi connectivity index (χ4n) is 3.81. The number of methoxy groups -OCH3 is 2. The summed E-state index contributed by atoms with van der Waals surface area (Å²) < 4.78 is 12.5. The highest BCUT2D eigenvalue weighted by Crippen LogP contribution is 2.27. The molecular weight excluding hydrogens is 442 g/mol. The van der Waals surface area contributed by atoms with E-state index in [1.165, 1.54) is 18.2 Å². The molecular formula is C27H35N5O3. The minimum atomic E-state index is -0.301. The first-order valence-electron chi connectivity index (χ1n) is 11.7. The van der Waals surface area contributed by atoms with Crippen molar-refractivity contribution in [3.63, 3.8) is 0 Å². The molecule has 0 atom stereocenters. The van der Waals surface area contributed by atoms with Gasteiger partial charge < -0.3 is 14.8 Å². The summed E-state index contributed by atoms with van der Waals surface area (Å²) in [7, 11) is 5.03. The lowest BCUT2D eigenvalue weighted by Crippen LogP contribution is -2.36. The Kier molecular flexibility index (Phi) is 8.52. The van der Waals surface area contributed by atoms with Crippen molar-refractivity contribution in [2.24, 2.45) is 12.0 Å². The van der Waals surface area contributed by atoms with Gasteiger partial charge in [0.25, 0.3) is 5.91 Å². The number of hydrogen-bond acceptors (Lipinski definition) is 5. The van der Waals surface area contributed by atoms with Gasteiger partial charge in [-0.1, -0.05) is 26.0 Å². The second kappa shape index (κ2) is 11.6. The van der Waals surface area contributed by atoms with E-state index in [0.29, 0.717) is 35.5 Å². The molecule has 1 aromatic heterocycles. The van der Waals surface area contributed by atoms with Gasteiger partial charge in [-0.15, -0.1) is 0 Å². The lowest BCUT2D eigenvalue weighted by molar-refractivity contribution is 0.0976. The van der Waals surface area contributed by atoms with Crippen molar-refractivity contribution in [3.05, 3.63) is 70.5 Å². The number of carbonyl (C=O) groups is 1. The molecule has 0 aliphatic carbocycles. The quantitative estimate of drug-likeness (QED) is 0.365. The third-order valence-corrected chi connectivity index (χ3v) is 6.01. The number of amides is 1. The molecule has 0 fully saturated rings. The standard InChI is InChI=1S/C27H35N5O3/c1-17(2)20-8-11-22(12-9-20)29-27(28-15-14-23-18(3)31-32(5)19(23)4)30-26(33)21-10-13-24(34-6)25(16-21)35-7/h8-13,16-17H,14-15H2,1-7H3,(H2,28,29,30,33). The van der Waals surface area contributed by atoms with Crippen molar-refractivity contribution in [2.45, 2.75) is 40.0 Å². The van der Waals surface area contributed by atoms with Crippen LogP contribution in [0.25, 0.3) is 0 Å². The molecule has 3 rings (SSSR count). The zero-order valence-corrected chi connectivity index (χ0v) is 21.6. The largest absolute Gasteiger partial charge is 0.493 e. The number of anilines is 1. The van der Waals surface area contributed by atoms with Crippen LogP contribution in [0.5, 0.6) is 11.5 Å². The fraction of sp³-hybridized carbons (Fsp3) is 0.370. The smallest absolute Gasteiger partial charge is 0.258 e. The van der Waals surface area contributed by atoms with Gasteiger partial charge in [0.15, 0.2) is 11.5 Å². The second-order valence-corrected chi connectivity index (χ2v) is 8.68. The summed E-state index contributed by atoms with van der Waals surface area (Å²) in [6, 6.07) is 13.2. The first kappa shape index (κ1) is 25.8. The van der Waals surface area contributed by atoms with E-state index < -0.39 is 0 Å². The molecule has 186 valence electrons. The number of carbonyl (C=O) groups excluding carboxylic acids is 1. The number of aryl methyl sites for hydroxylation is 2. The molecule has 0 aliphatic heterocycles. The van der Waals surface area contributed by atoms with Gasteiger partial charge in [0.1, 0.15) is 0 Å². The Morgan fingerprint density at radius 3 is 2.31 bits per heavy atom. The Morgan fingerprint density at radius 1 is 1.06 bits per heavy atom. The van der Waals surface area contributed by atoms with Crippen LogP contribution >= 0.6 is 0 Å². The molecule has 8 nitrogen and oxygen atoms in total. The minimum absolute atomic E-state index is 0.301. The van der Waals surface area contributed by atoms with Gasteiger partial charge in [0.2, 0.25) is 5.96 Å². The van der Waals surface area contributed by atoms with Gasteiger partial charge in [0, 0.05) is 30.5 Å². The van der Waals surface area contributed by atoms with Crippen molar-refractivity contribution in [2.75, 3.05) is 26.1 Å². The number of benzene rings is 2. The topological polar surface area (TPSA) is 89.8 Å². The van der Waals surface area contributed by atoms with E-state index in [0.717, 1.165) is 23.5 Å². The van der Waals surface area contributed by atoms with Crippen molar-refractivity contribution >= 4 is 17.6 Å². The zero-order chi connectivity index (χ0) is 25.5. The van der Waals surface area contributed by atoms with Crippen LogP contribution in [0.3, 0.4) is 0 Å². The molecule has 3 aromatic rings. The highest BCUT2D eigenvalue weighted by Gasteiger charge is 2.14. The SMILES string of the molecule is COc1ccc(C(=O)NC(=NCCc2c(C)nn(C)c2C)Nc2ccc(C(C)C)cc2)cc1OC. The number of guanidine groups is 1. The fourth-order valence-corrected chi connectivity index (χ4v) is 3.81. The van der Waals surface area contributed by atoms with Crippen LogP contribution in [0.4, 0.5) is 5.69 Å². The van der Waals surface area contributed by atoms with Crippen LogP contribution in [-0.4, -0.2) is 42.4 Å². The monoisotopic (exact) mass is 477 g/mol. The number of ether oxygens (including phenoxy) is 2. The van der Waals surface area contributed by atoms with Gasteiger partial charge in [-0.05, 0) is 67.6 Å². The second-order valence-electron chi connectivity index (χ2n) is 8.68. The van der Waals surface area contributed by atoms with E-state index in [-0.39, 0.29) is 5.91 Å². The Labute approximate surface area is 207 Å². The van der Waals surface area contributed by atoms with Crippen molar-refractivity contribution < 1.29 is 14.3 Å². The van der Waals surface area contributed by atoms with E-state index in [1.807, 2.05) is 37.7 Å². The molecule has 0 unspecified atom stereocenters. The van der Waals surface area contributed by atoms with Gasteiger partial charge >= 0.3 is 0 Å². The van der Waals surface area contributed by atoms with Crippen LogP contribution in [0.15, 0.2) is 47.5 Å². The lowest BCUT2D eigenvalue weighted by Gasteiger charge is -2.14. The first-order chi connectivity index (χ1) is 16.7. The predicted molar refractivity (Wildman–Crippen MR) is 140 cm³/mol. The minimum Gasteiger partial charge on any atom is -0.493 e. The zero-order valence-electron chi connectivity index (χ0n) is 21.6. The molecule has 1 heterocycles. The highest BCUT2D eigenvalue weighted by molar-refractivity contribution is 6.10. The normalized spacial score (nSPS) is 11.5.